The number of hydrogen-bond donors (Lipinski definition) is 0. The lowest BCUT2D eigenvalue weighted by Crippen LogP contribution is -1.97. The van der Waals surface area contributed by atoms with Crippen LogP contribution >= 0.6 is 0 Å². The van der Waals surface area contributed by atoms with Crippen LogP contribution in [0.3, 0.4) is 0 Å². The zero-order valence-electron chi connectivity index (χ0n) is 15.0. The van der Waals surface area contributed by atoms with Gasteiger partial charge < -0.3 is 4.42 Å². The molecule has 3 nitrogen and oxygen atoms in total. The summed E-state index contributed by atoms with van der Waals surface area (Å²) in [6, 6.07) is 33.1. The normalized spacial score (nSPS) is 11.6. The first-order valence-electron chi connectivity index (χ1n) is 9.33. The van der Waals surface area contributed by atoms with E-state index >= 15 is 0 Å². The fraction of sp³-hybridized carbons (Fsp3) is 0. The number of para-hydroxylation sites is 3. The third-order valence-electron chi connectivity index (χ3n) is 5.21. The van der Waals surface area contributed by atoms with Gasteiger partial charge in [0.25, 0.3) is 0 Å². The monoisotopic (exact) mass is 360 g/mol. The molecular weight excluding hydrogens is 344 g/mol. The van der Waals surface area contributed by atoms with Crippen LogP contribution < -0.4 is 0 Å². The topological polar surface area (TPSA) is 31.0 Å². The summed E-state index contributed by atoms with van der Waals surface area (Å²) in [5.74, 6) is 0.939. The van der Waals surface area contributed by atoms with Crippen LogP contribution in [0.15, 0.2) is 101 Å². The molecule has 2 aromatic heterocycles. The van der Waals surface area contributed by atoms with Gasteiger partial charge in [0.05, 0.1) is 11.0 Å². The van der Waals surface area contributed by atoms with Crippen LogP contribution in [-0.2, 0) is 0 Å². The lowest BCUT2D eigenvalue weighted by molar-refractivity contribution is 0.669. The van der Waals surface area contributed by atoms with Crippen LogP contribution in [0.2, 0.25) is 0 Å². The molecule has 4 aromatic carbocycles. The second-order valence-corrected chi connectivity index (χ2v) is 6.90. The molecule has 0 fully saturated rings. The van der Waals surface area contributed by atoms with Gasteiger partial charge in [-0.15, -0.1) is 0 Å². The second-order valence-electron chi connectivity index (χ2n) is 6.90. The fourth-order valence-electron chi connectivity index (χ4n) is 3.92. The van der Waals surface area contributed by atoms with Gasteiger partial charge in [0, 0.05) is 22.0 Å². The largest absolute Gasteiger partial charge is 0.456 e. The summed E-state index contributed by atoms with van der Waals surface area (Å²) in [5, 5.41) is 2.25. The molecule has 3 heteroatoms. The Morgan fingerprint density at radius 2 is 1.39 bits per heavy atom. The summed E-state index contributed by atoms with van der Waals surface area (Å²) in [7, 11) is 0. The Morgan fingerprint density at radius 3 is 2.32 bits per heavy atom. The maximum absolute atomic E-state index is 6.00. The molecule has 0 atom stereocenters. The first-order valence-corrected chi connectivity index (χ1v) is 9.33. The van der Waals surface area contributed by atoms with Crippen LogP contribution in [-0.4, -0.2) is 9.55 Å². The molecule has 0 spiro atoms. The second kappa shape index (κ2) is 5.83. The summed E-state index contributed by atoms with van der Waals surface area (Å²) in [4.78, 5) is 4.93. The first-order chi connectivity index (χ1) is 13.9. The van der Waals surface area contributed by atoms with Crippen molar-refractivity contribution >= 4 is 33.0 Å². The molecule has 0 aliphatic rings. The maximum atomic E-state index is 6.00. The Kier molecular flexibility index (Phi) is 3.17. The van der Waals surface area contributed by atoms with E-state index in [4.69, 9.17) is 9.40 Å². The van der Waals surface area contributed by atoms with Gasteiger partial charge in [-0.2, -0.15) is 0 Å². The van der Waals surface area contributed by atoms with E-state index in [1.165, 1.54) is 0 Å². The summed E-state index contributed by atoms with van der Waals surface area (Å²) in [6.45, 7) is 0. The summed E-state index contributed by atoms with van der Waals surface area (Å²) < 4.78 is 8.23. The van der Waals surface area contributed by atoms with E-state index in [2.05, 4.69) is 53.1 Å². The Hall–Kier alpha value is -3.85. The Balaban J connectivity index is 1.69. The van der Waals surface area contributed by atoms with Gasteiger partial charge in [0.2, 0.25) is 0 Å². The number of benzene rings is 4. The molecule has 0 N–H and O–H groups in total. The Morgan fingerprint density at radius 1 is 0.643 bits per heavy atom. The molecule has 0 radical (unpaired) electrons. The molecular formula is C25H16N2O. The van der Waals surface area contributed by atoms with Crippen molar-refractivity contribution in [1.82, 2.24) is 9.55 Å². The third-order valence-corrected chi connectivity index (χ3v) is 5.21. The predicted molar refractivity (Wildman–Crippen MR) is 114 cm³/mol. The summed E-state index contributed by atoms with van der Waals surface area (Å²) in [6.07, 6.45) is 0. The molecule has 6 rings (SSSR count). The number of nitrogens with zero attached hydrogens (tertiary/aromatic N) is 2. The van der Waals surface area contributed by atoms with Crippen LogP contribution in [0.5, 0.6) is 0 Å². The Labute approximate surface area is 161 Å². The van der Waals surface area contributed by atoms with E-state index in [0.29, 0.717) is 0 Å². The zero-order valence-corrected chi connectivity index (χ0v) is 15.0. The van der Waals surface area contributed by atoms with Crippen LogP contribution in [0.4, 0.5) is 0 Å². The molecule has 0 unspecified atom stereocenters. The van der Waals surface area contributed by atoms with Gasteiger partial charge in [-0.1, -0.05) is 60.7 Å². The lowest BCUT2D eigenvalue weighted by Gasteiger charge is -2.10. The van der Waals surface area contributed by atoms with Gasteiger partial charge in [0.15, 0.2) is 0 Å². The highest BCUT2D eigenvalue weighted by Crippen LogP contribution is 2.33. The van der Waals surface area contributed by atoms with Crippen molar-refractivity contribution in [3.05, 3.63) is 97.1 Å². The molecule has 0 aliphatic heterocycles. The van der Waals surface area contributed by atoms with E-state index < -0.39 is 0 Å². The van der Waals surface area contributed by atoms with E-state index in [1.54, 1.807) is 0 Å². The van der Waals surface area contributed by atoms with Gasteiger partial charge in [0.1, 0.15) is 17.0 Å². The van der Waals surface area contributed by atoms with Crippen molar-refractivity contribution < 1.29 is 4.42 Å². The first kappa shape index (κ1) is 15.2. The predicted octanol–water partition coefficient (Wildman–Crippen LogP) is 6.59. The van der Waals surface area contributed by atoms with E-state index in [9.17, 15) is 0 Å². The summed E-state index contributed by atoms with van der Waals surface area (Å²) >= 11 is 0. The molecule has 132 valence electrons. The minimum absolute atomic E-state index is 0.899. The number of rotatable bonds is 2. The average molecular weight is 360 g/mol. The molecule has 2 heterocycles. The van der Waals surface area contributed by atoms with Gasteiger partial charge in [-0.3, -0.25) is 4.57 Å². The molecule has 0 amide bonds. The average Bonchev–Trinajstić information content (AvgIpc) is 3.32. The van der Waals surface area contributed by atoms with Crippen LogP contribution in [0, 0.1) is 0 Å². The minimum Gasteiger partial charge on any atom is -0.456 e. The molecule has 0 aliphatic carbocycles. The number of imidazole rings is 1. The van der Waals surface area contributed by atoms with Crippen molar-refractivity contribution in [2.75, 3.05) is 0 Å². The van der Waals surface area contributed by atoms with Gasteiger partial charge in [-0.25, -0.2) is 4.98 Å². The van der Waals surface area contributed by atoms with Gasteiger partial charge >= 0.3 is 0 Å². The number of hydrogen-bond acceptors (Lipinski definition) is 2. The number of aromatic nitrogens is 2. The van der Waals surface area contributed by atoms with Crippen molar-refractivity contribution in [3.63, 3.8) is 0 Å². The number of fused-ring (bicyclic) bond motifs is 4. The highest BCUT2D eigenvalue weighted by Gasteiger charge is 2.15. The minimum atomic E-state index is 0.899. The van der Waals surface area contributed by atoms with Crippen molar-refractivity contribution in [3.8, 4) is 17.1 Å². The third kappa shape index (κ3) is 2.20. The van der Waals surface area contributed by atoms with E-state index in [1.807, 2.05) is 48.5 Å². The molecule has 6 aromatic rings. The summed E-state index contributed by atoms with van der Waals surface area (Å²) in [5.41, 5.74) is 6.05. The molecule has 0 saturated heterocycles. The van der Waals surface area contributed by atoms with E-state index in [-0.39, 0.29) is 0 Å². The zero-order chi connectivity index (χ0) is 18.5. The SMILES string of the molecule is c1ccc(-c2nc3ccccc3n2-c2ccc3oc4ccccc4c3c2)cc1. The van der Waals surface area contributed by atoms with Crippen molar-refractivity contribution in [2.24, 2.45) is 0 Å². The van der Waals surface area contributed by atoms with Crippen molar-refractivity contribution in [1.29, 1.82) is 0 Å². The maximum Gasteiger partial charge on any atom is 0.145 e. The lowest BCUT2D eigenvalue weighted by atomic mass is 10.1. The fourth-order valence-corrected chi connectivity index (χ4v) is 3.92. The molecule has 0 bridgehead atoms. The number of furan rings is 1. The highest BCUT2D eigenvalue weighted by atomic mass is 16.3. The van der Waals surface area contributed by atoms with Crippen LogP contribution in [0.1, 0.15) is 0 Å². The smallest absolute Gasteiger partial charge is 0.145 e. The van der Waals surface area contributed by atoms with Crippen LogP contribution in [0.25, 0.3) is 50.0 Å². The molecule has 0 saturated carbocycles. The Bertz CT molecular complexity index is 1460. The quantitative estimate of drug-likeness (QED) is 0.349. The van der Waals surface area contributed by atoms with Crippen molar-refractivity contribution in [2.45, 2.75) is 0 Å². The van der Waals surface area contributed by atoms with Gasteiger partial charge in [-0.05, 0) is 36.4 Å². The molecule has 28 heavy (non-hydrogen) atoms. The van der Waals surface area contributed by atoms with E-state index in [0.717, 1.165) is 50.0 Å². The standard InChI is InChI=1S/C25H16N2O/c1-2-8-17(9-3-1)25-26-21-11-5-6-12-22(21)27(25)18-14-15-24-20(16-18)19-10-4-7-13-23(19)28-24/h1-16H. The highest BCUT2D eigenvalue weighted by molar-refractivity contribution is 6.05.